The molecular weight excluding hydrogens is 248 g/mol. The fourth-order valence-corrected chi connectivity index (χ4v) is 2.11. The first-order valence-corrected chi connectivity index (χ1v) is 6.62. The Bertz CT molecular complexity index is 626. The lowest BCUT2D eigenvalue weighted by molar-refractivity contribution is 0.109. The molecule has 1 aromatic carbocycles. The Morgan fingerprint density at radius 2 is 1.89 bits per heavy atom. The smallest absolute Gasteiger partial charge is 0.339 e. The first kappa shape index (κ1) is 12.6. The molecule has 1 aromatic heterocycles. The Balaban J connectivity index is 2.58. The normalized spacial score (nSPS) is 10.3. The number of hydrogen-bond acceptors (Lipinski definition) is 4. The van der Waals surface area contributed by atoms with Crippen LogP contribution in [0.1, 0.15) is 16.1 Å². The van der Waals surface area contributed by atoms with E-state index in [4.69, 9.17) is 4.42 Å². The molecule has 0 aliphatic heterocycles. The number of benzene rings is 1. The minimum atomic E-state index is -0.469. The second kappa shape index (κ2) is 5.23. The first-order chi connectivity index (χ1) is 8.65. The van der Waals surface area contributed by atoms with Gasteiger partial charge in [0.15, 0.2) is 12.0 Å². The highest BCUT2D eigenvalue weighted by Crippen LogP contribution is 2.24. The molecule has 0 fully saturated rings. The molecule has 0 aliphatic carbocycles. The highest BCUT2D eigenvalue weighted by atomic mass is 32.2. The topological polar surface area (TPSA) is 47.3 Å². The maximum absolute atomic E-state index is 11.6. The van der Waals surface area contributed by atoms with E-state index >= 15 is 0 Å². The highest BCUT2D eigenvalue weighted by Gasteiger charge is 2.09. The van der Waals surface area contributed by atoms with Crippen molar-refractivity contribution in [1.82, 2.24) is 0 Å². The maximum Gasteiger partial charge on any atom is 0.339 e. The van der Waals surface area contributed by atoms with E-state index in [1.54, 1.807) is 24.8 Å². The van der Waals surface area contributed by atoms with Gasteiger partial charge in [-0.1, -0.05) is 12.1 Å². The molecule has 0 saturated heterocycles. The zero-order valence-corrected chi connectivity index (χ0v) is 10.9. The lowest BCUT2D eigenvalue weighted by Crippen LogP contribution is -2.06. The van der Waals surface area contributed by atoms with Crippen molar-refractivity contribution in [3.05, 3.63) is 52.1 Å². The monoisotopic (exact) mass is 260 g/mol. The Kier molecular flexibility index (Phi) is 3.67. The summed E-state index contributed by atoms with van der Waals surface area (Å²) >= 11 is 1.65. The van der Waals surface area contributed by atoms with Crippen LogP contribution in [-0.2, 0) is 0 Å². The summed E-state index contributed by atoms with van der Waals surface area (Å²) in [6.45, 7) is 1.69. The quantitative estimate of drug-likeness (QED) is 0.628. The van der Waals surface area contributed by atoms with Crippen molar-refractivity contribution in [3.8, 4) is 11.1 Å². The van der Waals surface area contributed by atoms with E-state index in [1.165, 1.54) is 0 Å². The van der Waals surface area contributed by atoms with E-state index in [9.17, 15) is 9.59 Å². The van der Waals surface area contributed by atoms with Gasteiger partial charge in [-0.2, -0.15) is 0 Å². The molecule has 0 spiro atoms. The van der Waals surface area contributed by atoms with Crippen LogP contribution < -0.4 is 5.63 Å². The second-order valence-corrected chi connectivity index (χ2v) is 4.70. The fraction of sp³-hybridized carbons (Fsp3) is 0.143. The molecule has 0 unspecified atom stereocenters. The van der Waals surface area contributed by atoms with Crippen LogP contribution in [0.15, 0.2) is 44.4 Å². The maximum atomic E-state index is 11.6. The molecule has 0 aliphatic rings. The summed E-state index contributed by atoms with van der Waals surface area (Å²) in [7, 11) is 0. The van der Waals surface area contributed by atoms with Crippen molar-refractivity contribution in [2.75, 3.05) is 6.26 Å². The molecule has 0 radical (unpaired) electrons. The van der Waals surface area contributed by atoms with Crippen LogP contribution in [0, 0.1) is 6.92 Å². The third kappa shape index (κ3) is 2.38. The van der Waals surface area contributed by atoms with Crippen LogP contribution in [-0.4, -0.2) is 12.5 Å². The minimum Gasteiger partial charge on any atom is -0.420 e. The molecule has 2 aromatic rings. The largest absolute Gasteiger partial charge is 0.420 e. The van der Waals surface area contributed by atoms with Gasteiger partial charge in [0.2, 0.25) is 0 Å². The van der Waals surface area contributed by atoms with Crippen molar-refractivity contribution in [2.24, 2.45) is 0 Å². The average molecular weight is 260 g/mol. The molecule has 18 heavy (non-hydrogen) atoms. The summed E-state index contributed by atoms with van der Waals surface area (Å²) in [6.07, 6.45) is 2.54. The van der Waals surface area contributed by atoms with Gasteiger partial charge < -0.3 is 4.42 Å². The average Bonchev–Trinajstić information content (AvgIpc) is 2.42. The molecule has 3 nitrogen and oxygen atoms in total. The van der Waals surface area contributed by atoms with Gasteiger partial charge in [0.25, 0.3) is 0 Å². The van der Waals surface area contributed by atoms with Gasteiger partial charge in [-0.25, -0.2) is 4.79 Å². The van der Waals surface area contributed by atoms with Gasteiger partial charge in [0.1, 0.15) is 0 Å². The molecule has 2 rings (SSSR count). The summed E-state index contributed by atoms with van der Waals surface area (Å²) in [5.41, 5.74) is 1.68. The molecule has 0 N–H and O–H groups in total. The van der Waals surface area contributed by atoms with Gasteiger partial charge in [-0.05, 0) is 42.5 Å². The van der Waals surface area contributed by atoms with Crippen LogP contribution in [0.2, 0.25) is 0 Å². The molecule has 0 saturated carbocycles. The van der Waals surface area contributed by atoms with Crippen molar-refractivity contribution in [2.45, 2.75) is 11.8 Å². The molecule has 4 heteroatoms. The van der Waals surface area contributed by atoms with E-state index in [0.717, 1.165) is 16.0 Å². The number of rotatable bonds is 3. The Morgan fingerprint density at radius 3 is 2.44 bits per heavy atom. The summed E-state index contributed by atoms with van der Waals surface area (Å²) in [6, 6.07) is 9.42. The Morgan fingerprint density at radius 1 is 1.22 bits per heavy atom. The molecule has 1 heterocycles. The van der Waals surface area contributed by atoms with Gasteiger partial charge in [-0.3, -0.25) is 4.79 Å². The lowest BCUT2D eigenvalue weighted by atomic mass is 10.0. The van der Waals surface area contributed by atoms with Gasteiger partial charge in [0.05, 0.1) is 0 Å². The first-order valence-electron chi connectivity index (χ1n) is 5.40. The molecule has 0 bridgehead atoms. The van der Waals surface area contributed by atoms with Crippen molar-refractivity contribution in [1.29, 1.82) is 0 Å². The van der Waals surface area contributed by atoms with E-state index in [1.807, 2.05) is 30.5 Å². The zero-order valence-electron chi connectivity index (χ0n) is 10.1. The van der Waals surface area contributed by atoms with E-state index < -0.39 is 5.63 Å². The van der Waals surface area contributed by atoms with Crippen LogP contribution in [0.3, 0.4) is 0 Å². The number of aldehydes is 1. The number of carbonyl (C=O) groups is 1. The summed E-state index contributed by atoms with van der Waals surface area (Å²) < 4.78 is 4.84. The SMILES string of the molecule is CSc1ccc(-c2cc(C=O)oc(=O)c2C)cc1. The van der Waals surface area contributed by atoms with Crippen LogP contribution in [0.25, 0.3) is 11.1 Å². The molecular formula is C14H12O3S. The molecule has 0 atom stereocenters. The van der Waals surface area contributed by atoms with E-state index in [-0.39, 0.29) is 5.76 Å². The highest BCUT2D eigenvalue weighted by molar-refractivity contribution is 7.98. The number of thioether (sulfide) groups is 1. The van der Waals surface area contributed by atoms with Crippen molar-refractivity contribution < 1.29 is 9.21 Å². The third-order valence-electron chi connectivity index (χ3n) is 2.72. The van der Waals surface area contributed by atoms with Gasteiger partial charge >= 0.3 is 5.63 Å². The van der Waals surface area contributed by atoms with E-state index in [0.29, 0.717) is 11.8 Å². The Hall–Kier alpha value is -1.81. The summed E-state index contributed by atoms with van der Waals surface area (Å²) in [4.78, 5) is 23.5. The minimum absolute atomic E-state index is 0.0505. The summed E-state index contributed by atoms with van der Waals surface area (Å²) in [5, 5.41) is 0. The van der Waals surface area contributed by atoms with Crippen LogP contribution in [0.4, 0.5) is 0 Å². The van der Waals surface area contributed by atoms with Crippen molar-refractivity contribution >= 4 is 18.0 Å². The standard InChI is InChI=1S/C14H12O3S/c1-9-13(7-11(8-15)17-14(9)16)10-3-5-12(18-2)6-4-10/h3-8H,1-2H3. The Labute approximate surface area is 109 Å². The third-order valence-corrected chi connectivity index (χ3v) is 3.47. The summed E-state index contributed by atoms with van der Waals surface area (Å²) in [5.74, 6) is 0.0505. The number of hydrogen-bond donors (Lipinski definition) is 0. The van der Waals surface area contributed by atoms with Crippen LogP contribution >= 0.6 is 11.8 Å². The van der Waals surface area contributed by atoms with E-state index in [2.05, 4.69) is 0 Å². The van der Waals surface area contributed by atoms with Gasteiger partial charge in [-0.15, -0.1) is 11.8 Å². The van der Waals surface area contributed by atoms with Gasteiger partial charge in [0, 0.05) is 10.5 Å². The fourth-order valence-electron chi connectivity index (χ4n) is 1.70. The zero-order chi connectivity index (χ0) is 13.1. The predicted molar refractivity (Wildman–Crippen MR) is 72.3 cm³/mol. The number of carbonyl (C=O) groups excluding carboxylic acids is 1. The lowest BCUT2D eigenvalue weighted by Gasteiger charge is -2.06. The van der Waals surface area contributed by atoms with Crippen molar-refractivity contribution in [3.63, 3.8) is 0 Å². The second-order valence-electron chi connectivity index (χ2n) is 3.82. The predicted octanol–water partition coefficient (Wildman–Crippen LogP) is 3.15. The van der Waals surface area contributed by atoms with Crippen LogP contribution in [0.5, 0.6) is 0 Å². The molecule has 0 amide bonds. The molecule has 92 valence electrons.